The first-order valence-electron chi connectivity index (χ1n) is 4.03. The predicted molar refractivity (Wildman–Crippen MR) is 36.9 cm³/mol. The minimum atomic E-state index is -0.716. The van der Waals surface area contributed by atoms with Crippen molar-refractivity contribution < 1.29 is 20.7 Å². The molecule has 1 fully saturated rings. The maximum atomic E-state index is 11.0. The fourth-order valence-electron chi connectivity index (χ4n) is 1.10. The molecule has 0 spiro atoms. The molecule has 1 heterocycles. The number of hydrogen-bond donors (Lipinski definition) is 1. The minimum Gasteiger partial charge on any atom is -0.469 e. The molecule has 0 saturated carbocycles. The van der Waals surface area contributed by atoms with Gasteiger partial charge in [0, 0.05) is 6.58 Å². The maximum absolute atomic E-state index is 11.0. The van der Waals surface area contributed by atoms with Gasteiger partial charge in [-0.3, -0.25) is 4.79 Å². The number of rotatable bonds is 2. The van der Waals surface area contributed by atoms with E-state index in [0.29, 0.717) is 6.42 Å². The number of methoxy groups -OCH3 is 1. The lowest BCUT2D eigenvalue weighted by Crippen LogP contribution is -2.28. The number of carbonyl (C=O) groups excluding carboxylic acids is 1. The van der Waals surface area contributed by atoms with Gasteiger partial charge in [0.15, 0.2) is 0 Å². The van der Waals surface area contributed by atoms with Crippen LogP contribution in [0.4, 0.5) is 0 Å². The summed E-state index contributed by atoms with van der Waals surface area (Å²) in [5.41, 5.74) is 0. The molecule has 0 bridgehead atoms. The van der Waals surface area contributed by atoms with Crippen LogP contribution in [0.3, 0.4) is 0 Å². The first-order valence-corrected chi connectivity index (χ1v) is 3.45. The molecule has 0 amide bonds. The third-order valence-electron chi connectivity index (χ3n) is 1.75. The molecule has 4 nitrogen and oxygen atoms in total. The fraction of sp³-hybridized carbons (Fsp3) is 0.857. The second-order valence-corrected chi connectivity index (χ2v) is 2.39. The molecule has 64 valence electrons. The zero-order chi connectivity index (χ0) is 9.14. The third kappa shape index (κ3) is 1.70. The number of aliphatic hydroxyl groups excluding tert-OH is 1. The molecule has 0 radical (unpaired) electrons. The van der Waals surface area contributed by atoms with E-state index in [1.54, 1.807) is 0 Å². The maximum Gasteiger partial charge on any atom is 0.311 e. The molecule has 1 aliphatic heterocycles. The van der Waals surface area contributed by atoms with Gasteiger partial charge < -0.3 is 14.6 Å². The van der Waals surface area contributed by atoms with E-state index >= 15 is 0 Å². The minimum absolute atomic E-state index is 0.241. The van der Waals surface area contributed by atoms with Gasteiger partial charge in [-0.1, -0.05) is 0 Å². The molecule has 1 N–H and O–H groups in total. The van der Waals surface area contributed by atoms with Gasteiger partial charge in [-0.05, 0) is 6.42 Å². The van der Waals surface area contributed by atoms with Crippen molar-refractivity contribution in [1.29, 1.82) is 0 Å². The lowest BCUT2D eigenvalue weighted by molar-refractivity contribution is -0.148. The highest BCUT2D eigenvalue weighted by Gasteiger charge is 2.34. The summed E-state index contributed by atoms with van der Waals surface area (Å²) in [6.07, 6.45) is -0.266. The Labute approximate surface area is 66.5 Å². The van der Waals surface area contributed by atoms with Crippen molar-refractivity contribution in [1.82, 2.24) is 0 Å². The first-order chi connectivity index (χ1) is 5.69. The van der Waals surface area contributed by atoms with Crippen molar-refractivity contribution in [3.8, 4) is 0 Å². The van der Waals surface area contributed by atoms with Crippen LogP contribution in [0.15, 0.2) is 0 Å². The summed E-state index contributed by atoms with van der Waals surface area (Å²) in [6.45, 7) is -0.957. The van der Waals surface area contributed by atoms with Crippen LogP contribution in [-0.4, -0.2) is 37.5 Å². The third-order valence-corrected chi connectivity index (χ3v) is 1.75. The van der Waals surface area contributed by atoms with E-state index in [2.05, 4.69) is 4.74 Å². The van der Waals surface area contributed by atoms with Crippen molar-refractivity contribution in [2.24, 2.45) is 5.92 Å². The van der Waals surface area contributed by atoms with Crippen LogP contribution in [-0.2, 0) is 14.3 Å². The second kappa shape index (κ2) is 3.69. The highest BCUT2D eigenvalue weighted by Crippen LogP contribution is 2.21. The lowest BCUT2D eigenvalue weighted by Gasteiger charge is -2.12. The Morgan fingerprint density at radius 3 is 3.27 bits per heavy atom. The van der Waals surface area contributed by atoms with E-state index in [-0.39, 0.29) is 6.61 Å². The monoisotopic (exact) mass is 162 g/mol. The molecule has 1 rings (SSSR count). The van der Waals surface area contributed by atoms with Crippen LogP contribution in [0.5, 0.6) is 0 Å². The van der Waals surface area contributed by atoms with Gasteiger partial charge >= 0.3 is 5.97 Å². The van der Waals surface area contributed by atoms with Crippen molar-refractivity contribution in [2.45, 2.75) is 12.5 Å². The Morgan fingerprint density at radius 2 is 2.73 bits per heavy atom. The van der Waals surface area contributed by atoms with Crippen LogP contribution in [0.25, 0.3) is 0 Å². The zero-order valence-corrected chi connectivity index (χ0v) is 6.32. The van der Waals surface area contributed by atoms with Crippen LogP contribution < -0.4 is 0 Å². The molecule has 11 heavy (non-hydrogen) atoms. The van der Waals surface area contributed by atoms with Crippen LogP contribution in [0.1, 0.15) is 7.79 Å². The van der Waals surface area contributed by atoms with E-state index in [9.17, 15) is 4.79 Å². The average Bonchev–Trinajstić information content (AvgIpc) is 2.45. The SMILES string of the molecule is [3H][C@H]1CC(C(=O)OC)[C@@H](CO)O1. The smallest absolute Gasteiger partial charge is 0.311 e. The van der Waals surface area contributed by atoms with Gasteiger partial charge in [0.1, 0.15) is 0 Å². The fourth-order valence-corrected chi connectivity index (χ4v) is 1.10. The Morgan fingerprint density at radius 1 is 2.00 bits per heavy atom. The van der Waals surface area contributed by atoms with Gasteiger partial charge in [0.2, 0.25) is 0 Å². The average molecular weight is 162 g/mol. The first kappa shape index (κ1) is 7.06. The molecular weight excluding hydrogens is 148 g/mol. The Kier molecular flexibility index (Phi) is 2.37. The van der Waals surface area contributed by atoms with Gasteiger partial charge in [0.05, 0.1) is 27.1 Å². The van der Waals surface area contributed by atoms with Crippen LogP contribution in [0, 0.1) is 5.92 Å². The summed E-state index contributed by atoms with van der Waals surface area (Å²) >= 11 is 0. The highest BCUT2D eigenvalue weighted by atomic mass is 16.5. The van der Waals surface area contributed by atoms with Crippen LogP contribution in [0.2, 0.25) is 0 Å². The second-order valence-electron chi connectivity index (χ2n) is 2.39. The van der Waals surface area contributed by atoms with E-state index < -0.39 is 24.6 Å². The Balaban J connectivity index is 2.57. The van der Waals surface area contributed by atoms with Gasteiger partial charge in [-0.15, -0.1) is 0 Å². The standard InChI is InChI=1S/C7H12O4/c1-10-7(9)5-2-3-11-6(5)4-8/h5-6,8H,2-4H2,1H3/t5?,6-/m1/s1/i3T/t3-,5?,6+/m0. The van der Waals surface area contributed by atoms with E-state index in [4.69, 9.17) is 11.2 Å². The molecule has 1 aliphatic rings. The summed E-state index contributed by atoms with van der Waals surface area (Å²) in [7, 11) is 1.29. The predicted octanol–water partition coefficient (Wildman–Crippen LogP) is -0.443. The Bertz CT molecular complexity index is 173. The molecular formula is C7H12O4. The molecule has 0 aromatic rings. The Hall–Kier alpha value is -0.610. The molecule has 0 aromatic carbocycles. The molecule has 1 saturated heterocycles. The highest BCUT2D eigenvalue weighted by molar-refractivity contribution is 5.73. The van der Waals surface area contributed by atoms with Gasteiger partial charge in [0.25, 0.3) is 0 Å². The summed E-state index contributed by atoms with van der Waals surface area (Å²) in [5.74, 6) is -0.897. The lowest BCUT2D eigenvalue weighted by atomic mass is 10.0. The van der Waals surface area contributed by atoms with Crippen molar-refractivity contribution in [3.05, 3.63) is 0 Å². The van der Waals surface area contributed by atoms with E-state index in [1.807, 2.05) is 0 Å². The summed E-state index contributed by atoms with van der Waals surface area (Å²) in [6, 6.07) is 0. The number of carbonyl (C=O) groups is 1. The number of esters is 1. The molecule has 0 aromatic heterocycles. The van der Waals surface area contributed by atoms with Crippen molar-refractivity contribution >= 4 is 5.97 Å². The van der Waals surface area contributed by atoms with Crippen molar-refractivity contribution in [3.63, 3.8) is 0 Å². The van der Waals surface area contributed by atoms with Crippen LogP contribution >= 0.6 is 0 Å². The zero-order valence-electron chi connectivity index (χ0n) is 7.32. The molecule has 3 atom stereocenters. The largest absolute Gasteiger partial charge is 0.469 e. The topological polar surface area (TPSA) is 55.8 Å². The molecule has 4 heteroatoms. The summed E-state index contributed by atoms with van der Waals surface area (Å²) < 4.78 is 16.7. The number of hydrogen-bond acceptors (Lipinski definition) is 4. The molecule has 1 unspecified atom stereocenters. The van der Waals surface area contributed by atoms with E-state index in [0.717, 1.165) is 0 Å². The number of aliphatic hydroxyl groups is 1. The van der Waals surface area contributed by atoms with Crippen molar-refractivity contribution in [2.75, 3.05) is 20.3 Å². The van der Waals surface area contributed by atoms with Gasteiger partial charge in [-0.2, -0.15) is 0 Å². The molecule has 0 aliphatic carbocycles. The van der Waals surface area contributed by atoms with Gasteiger partial charge in [-0.25, -0.2) is 0 Å². The number of ether oxygens (including phenoxy) is 2. The normalized spacial score (nSPS) is 38.4. The summed E-state index contributed by atoms with van der Waals surface area (Å²) in [4.78, 5) is 11.0. The quantitative estimate of drug-likeness (QED) is 0.559. The van der Waals surface area contributed by atoms with E-state index in [1.165, 1.54) is 7.11 Å². The summed E-state index contributed by atoms with van der Waals surface area (Å²) in [5, 5.41) is 8.78.